The first-order chi connectivity index (χ1) is 15.6. The molecule has 8 nitrogen and oxygen atoms in total. The molecule has 1 aromatic heterocycles. The van der Waals surface area contributed by atoms with Crippen molar-refractivity contribution >= 4 is 22.7 Å². The van der Waals surface area contributed by atoms with Gasteiger partial charge in [-0.1, -0.05) is 6.07 Å². The van der Waals surface area contributed by atoms with Gasteiger partial charge >= 0.3 is 11.6 Å². The number of carbonyl (C=O) groups excluding carboxylic acids is 2. The molecule has 172 valence electrons. The summed E-state index contributed by atoms with van der Waals surface area (Å²) in [6.45, 7) is 6.70. The third-order valence-corrected chi connectivity index (χ3v) is 5.59. The predicted octanol–water partition coefficient (Wildman–Crippen LogP) is 4.25. The Bertz CT molecular complexity index is 1350. The standard InChI is InChI=1S/C25H24O8/c1-11(2)31-16-7-6-14(9-17(16)30-5)15-10-19(28)33-25-21(13(4)26)23(29)20-12(3)8-18(27)32-24(20)22(15)25/h6-9,11,15,29H,10H2,1-5H3/t15-/m1/s1. The van der Waals surface area contributed by atoms with E-state index >= 15 is 0 Å². The maximum absolute atomic E-state index is 12.6. The highest BCUT2D eigenvalue weighted by molar-refractivity contribution is 6.09. The predicted molar refractivity (Wildman–Crippen MR) is 120 cm³/mol. The number of benzene rings is 2. The van der Waals surface area contributed by atoms with Gasteiger partial charge in [-0.15, -0.1) is 0 Å². The topological polar surface area (TPSA) is 112 Å². The van der Waals surface area contributed by atoms with Crippen molar-refractivity contribution in [2.24, 2.45) is 0 Å². The lowest BCUT2D eigenvalue weighted by molar-refractivity contribution is -0.135. The Morgan fingerprint density at radius 3 is 2.55 bits per heavy atom. The number of phenols is 1. The minimum absolute atomic E-state index is 0.0601. The van der Waals surface area contributed by atoms with Gasteiger partial charge in [0, 0.05) is 17.5 Å². The molecule has 0 aliphatic carbocycles. The summed E-state index contributed by atoms with van der Waals surface area (Å²) in [4.78, 5) is 37.3. The normalized spacial score (nSPS) is 15.3. The third-order valence-electron chi connectivity index (χ3n) is 5.59. The highest BCUT2D eigenvalue weighted by atomic mass is 16.5. The first-order valence-corrected chi connectivity index (χ1v) is 10.5. The summed E-state index contributed by atoms with van der Waals surface area (Å²) < 4.78 is 22.2. The van der Waals surface area contributed by atoms with E-state index in [9.17, 15) is 19.5 Å². The van der Waals surface area contributed by atoms with E-state index in [0.29, 0.717) is 28.2 Å². The highest BCUT2D eigenvalue weighted by Gasteiger charge is 2.37. The number of hydrogen-bond donors (Lipinski definition) is 1. The van der Waals surface area contributed by atoms with Crippen LogP contribution in [0.1, 0.15) is 60.2 Å². The number of carbonyl (C=O) groups is 2. The monoisotopic (exact) mass is 452 g/mol. The van der Waals surface area contributed by atoms with Gasteiger partial charge in [-0.3, -0.25) is 9.59 Å². The summed E-state index contributed by atoms with van der Waals surface area (Å²) in [5, 5.41) is 11.1. The Morgan fingerprint density at radius 1 is 1.18 bits per heavy atom. The van der Waals surface area contributed by atoms with Crippen molar-refractivity contribution in [3.05, 3.63) is 56.9 Å². The summed E-state index contributed by atoms with van der Waals surface area (Å²) in [7, 11) is 1.51. The van der Waals surface area contributed by atoms with Gasteiger partial charge in [-0.25, -0.2) is 4.79 Å². The number of ketones is 1. The summed E-state index contributed by atoms with van der Waals surface area (Å²) in [6.07, 6.45) is -0.132. The molecule has 8 heteroatoms. The molecule has 0 unspecified atom stereocenters. The summed E-state index contributed by atoms with van der Waals surface area (Å²) in [5.41, 5.74) is 0.805. The maximum Gasteiger partial charge on any atom is 0.336 e. The number of hydrogen-bond acceptors (Lipinski definition) is 8. The fraction of sp³-hybridized carbons (Fsp3) is 0.320. The highest BCUT2D eigenvalue weighted by Crippen LogP contribution is 2.50. The van der Waals surface area contributed by atoms with Gasteiger partial charge in [0.05, 0.1) is 25.0 Å². The number of esters is 1. The van der Waals surface area contributed by atoms with E-state index in [1.54, 1.807) is 25.1 Å². The molecule has 0 saturated carbocycles. The third kappa shape index (κ3) is 3.82. The molecule has 3 aromatic rings. The number of ether oxygens (including phenoxy) is 3. The van der Waals surface area contributed by atoms with E-state index in [-0.39, 0.29) is 40.6 Å². The van der Waals surface area contributed by atoms with Crippen molar-refractivity contribution in [2.45, 2.75) is 46.1 Å². The number of Topliss-reactive ketones (excluding diaryl/α,β-unsaturated/α-hetero) is 1. The van der Waals surface area contributed by atoms with Crippen molar-refractivity contribution < 1.29 is 33.3 Å². The van der Waals surface area contributed by atoms with Crippen LogP contribution in [0.2, 0.25) is 0 Å². The molecule has 2 heterocycles. The first-order valence-electron chi connectivity index (χ1n) is 10.5. The smallest absolute Gasteiger partial charge is 0.336 e. The quantitative estimate of drug-likeness (QED) is 0.265. The molecule has 0 fully saturated rings. The zero-order chi connectivity index (χ0) is 24.0. The minimum Gasteiger partial charge on any atom is -0.506 e. The Morgan fingerprint density at radius 2 is 1.91 bits per heavy atom. The lowest BCUT2D eigenvalue weighted by Gasteiger charge is -2.28. The van der Waals surface area contributed by atoms with Crippen LogP contribution >= 0.6 is 0 Å². The van der Waals surface area contributed by atoms with Gasteiger partial charge in [0.2, 0.25) is 0 Å². The molecule has 1 atom stereocenters. The van der Waals surface area contributed by atoms with Gasteiger partial charge in [0.1, 0.15) is 16.9 Å². The van der Waals surface area contributed by atoms with Crippen molar-refractivity contribution in [1.82, 2.24) is 0 Å². The molecule has 1 N–H and O–H groups in total. The zero-order valence-electron chi connectivity index (χ0n) is 19.0. The first kappa shape index (κ1) is 22.4. The molecule has 0 saturated heterocycles. The van der Waals surface area contributed by atoms with E-state index < -0.39 is 23.3 Å². The number of phenolic OH excluding ortho intramolecular Hbond substituents is 1. The number of methoxy groups -OCH3 is 1. The van der Waals surface area contributed by atoms with Crippen LogP contribution < -0.4 is 19.8 Å². The average Bonchev–Trinajstić information content (AvgIpc) is 2.72. The fourth-order valence-corrected chi connectivity index (χ4v) is 4.27. The molecule has 33 heavy (non-hydrogen) atoms. The molecule has 4 rings (SSSR count). The lowest BCUT2D eigenvalue weighted by Crippen LogP contribution is -2.24. The van der Waals surface area contributed by atoms with Crippen molar-refractivity contribution in [3.63, 3.8) is 0 Å². The van der Waals surface area contributed by atoms with E-state index in [1.807, 2.05) is 13.8 Å². The average molecular weight is 452 g/mol. The van der Waals surface area contributed by atoms with Crippen LogP contribution in [-0.4, -0.2) is 30.1 Å². The summed E-state index contributed by atoms with van der Waals surface area (Å²) >= 11 is 0. The van der Waals surface area contributed by atoms with Crippen molar-refractivity contribution in [3.8, 4) is 23.0 Å². The van der Waals surface area contributed by atoms with Crippen molar-refractivity contribution in [1.29, 1.82) is 0 Å². The summed E-state index contributed by atoms with van der Waals surface area (Å²) in [5.74, 6) is -1.15. The maximum atomic E-state index is 12.6. The van der Waals surface area contributed by atoms with Gasteiger partial charge in [-0.05, 0) is 51.0 Å². The molecular weight excluding hydrogens is 428 g/mol. The number of aryl methyl sites for hydroxylation is 1. The van der Waals surface area contributed by atoms with Gasteiger partial charge in [0.15, 0.2) is 23.0 Å². The van der Waals surface area contributed by atoms with Gasteiger partial charge in [-0.2, -0.15) is 0 Å². The van der Waals surface area contributed by atoms with Crippen LogP contribution in [0.3, 0.4) is 0 Å². The van der Waals surface area contributed by atoms with Gasteiger partial charge in [0.25, 0.3) is 0 Å². The Hall–Kier alpha value is -3.81. The van der Waals surface area contributed by atoms with Crippen LogP contribution in [0.15, 0.2) is 33.5 Å². The SMILES string of the molecule is COc1cc([C@H]2CC(=O)Oc3c(C(C)=O)c(O)c4c(C)cc(=O)oc4c32)ccc1OC(C)C. The second-order valence-electron chi connectivity index (χ2n) is 8.28. The lowest BCUT2D eigenvalue weighted by atomic mass is 9.82. The van der Waals surface area contributed by atoms with Crippen LogP contribution in [0.4, 0.5) is 0 Å². The van der Waals surface area contributed by atoms with Gasteiger partial charge < -0.3 is 23.7 Å². The Balaban J connectivity index is 2.05. The minimum atomic E-state index is -0.619. The second kappa shape index (κ2) is 8.27. The molecule has 0 radical (unpaired) electrons. The molecule has 0 amide bonds. The fourth-order valence-electron chi connectivity index (χ4n) is 4.27. The molecule has 1 aliphatic heterocycles. The van der Waals surface area contributed by atoms with E-state index in [4.69, 9.17) is 18.6 Å². The van der Waals surface area contributed by atoms with Crippen LogP contribution in [0.5, 0.6) is 23.0 Å². The molecule has 0 spiro atoms. The molecule has 1 aliphatic rings. The number of fused-ring (bicyclic) bond motifs is 3. The zero-order valence-corrected chi connectivity index (χ0v) is 19.0. The second-order valence-corrected chi connectivity index (χ2v) is 8.28. The molecule has 2 aromatic carbocycles. The number of rotatable bonds is 5. The van der Waals surface area contributed by atoms with Crippen LogP contribution in [-0.2, 0) is 4.79 Å². The van der Waals surface area contributed by atoms with Crippen molar-refractivity contribution in [2.75, 3.05) is 7.11 Å². The van der Waals surface area contributed by atoms with E-state index in [1.165, 1.54) is 20.1 Å². The largest absolute Gasteiger partial charge is 0.506 e. The summed E-state index contributed by atoms with van der Waals surface area (Å²) in [6, 6.07) is 6.51. The molecular formula is C25H24O8. The van der Waals surface area contributed by atoms with Crippen LogP contribution in [0, 0.1) is 6.92 Å². The van der Waals surface area contributed by atoms with E-state index in [0.717, 1.165) is 0 Å². The Labute approximate surface area is 189 Å². The number of aromatic hydroxyl groups is 1. The Kier molecular flexibility index (Phi) is 5.61. The molecule has 0 bridgehead atoms. The van der Waals surface area contributed by atoms with Crippen LogP contribution in [0.25, 0.3) is 11.0 Å². The van der Waals surface area contributed by atoms with E-state index in [2.05, 4.69) is 0 Å².